The number of esters is 1. The minimum atomic E-state index is -0.648. The molecule has 1 aliphatic rings. The van der Waals surface area contributed by atoms with E-state index in [2.05, 4.69) is 5.73 Å². The number of ether oxygens (including phenoxy) is 3. The number of hydrogen-bond acceptors (Lipinski definition) is 7. The normalized spacial score (nSPS) is 13.4. The van der Waals surface area contributed by atoms with Gasteiger partial charge in [0.05, 0.1) is 10.9 Å². The second kappa shape index (κ2) is 8.92. The first-order chi connectivity index (χ1) is 16.5. The summed E-state index contributed by atoms with van der Waals surface area (Å²) in [6, 6.07) is 15.9. The van der Waals surface area contributed by atoms with Gasteiger partial charge in [-0.1, -0.05) is 18.2 Å². The van der Waals surface area contributed by atoms with Gasteiger partial charge in [0, 0.05) is 12.5 Å². The molecule has 172 valence electrons. The van der Waals surface area contributed by atoms with Crippen LogP contribution in [-0.4, -0.2) is 30.3 Å². The predicted octanol–water partition coefficient (Wildman–Crippen LogP) is 2.70. The Morgan fingerprint density at radius 3 is 2.56 bits per heavy atom. The van der Waals surface area contributed by atoms with E-state index in [1.54, 1.807) is 54.6 Å². The van der Waals surface area contributed by atoms with Crippen LogP contribution in [-0.2, 0) is 11.2 Å². The standard InChI is InChI=1S/C26H21NO7/c27-21(11-15-1-4-17(28)5-2-15)26(30)34-18-6-7-19-23(13-18)33-14-20(25(19)29)16-3-8-22-24(12-16)32-10-9-31-22/h1-8,12-14,21,28H,9-11,27H2/p+1/t21-/m1/s1. The van der Waals surface area contributed by atoms with E-state index in [-0.39, 0.29) is 16.9 Å². The molecule has 0 fully saturated rings. The van der Waals surface area contributed by atoms with Gasteiger partial charge in [0.25, 0.3) is 0 Å². The van der Waals surface area contributed by atoms with E-state index in [1.165, 1.54) is 12.3 Å². The topological polar surface area (TPSA) is 123 Å². The van der Waals surface area contributed by atoms with Gasteiger partial charge in [-0.15, -0.1) is 0 Å². The minimum absolute atomic E-state index is 0.154. The Morgan fingerprint density at radius 2 is 1.76 bits per heavy atom. The van der Waals surface area contributed by atoms with Gasteiger partial charge < -0.3 is 29.5 Å². The lowest BCUT2D eigenvalue weighted by atomic mass is 10.0. The summed E-state index contributed by atoms with van der Waals surface area (Å²) < 4.78 is 22.3. The Bertz CT molecular complexity index is 1430. The molecule has 1 atom stereocenters. The molecule has 0 amide bonds. The smallest absolute Gasteiger partial charge is 0.370 e. The molecule has 0 radical (unpaired) electrons. The van der Waals surface area contributed by atoms with Crippen molar-refractivity contribution in [1.29, 1.82) is 0 Å². The summed E-state index contributed by atoms with van der Waals surface area (Å²) in [6.45, 7) is 0.941. The predicted molar refractivity (Wildman–Crippen MR) is 123 cm³/mol. The Balaban J connectivity index is 1.35. The summed E-state index contributed by atoms with van der Waals surface area (Å²) in [4.78, 5) is 25.6. The molecule has 0 saturated heterocycles. The van der Waals surface area contributed by atoms with Crippen LogP contribution in [0.1, 0.15) is 5.56 Å². The Labute approximate surface area is 194 Å². The van der Waals surface area contributed by atoms with E-state index >= 15 is 0 Å². The summed E-state index contributed by atoms with van der Waals surface area (Å²) in [6.07, 6.45) is 1.75. The van der Waals surface area contributed by atoms with E-state index < -0.39 is 12.0 Å². The van der Waals surface area contributed by atoms with Crippen molar-refractivity contribution in [3.05, 3.63) is 82.7 Å². The van der Waals surface area contributed by atoms with Crippen molar-refractivity contribution < 1.29 is 34.3 Å². The maximum absolute atomic E-state index is 13.1. The van der Waals surface area contributed by atoms with Gasteiger partial charge in [-0.3, -0.25) is 4.79 Å². The molecule has 4 N–H and O–H groups in total. The number of fused-ring (bicyclic) bond motifs is 2. The van der Waals surface area contributed by atoms with Gasteiger partial charge in [-0.25, -0.2) is 4.79 Å². The second-order valence-electron chi connectivity index (χ2n) is 7.98. The molecule has 8 heteroatoms. The molecule has 1 aliphatic heterocycles. The van der Waals surface area contributed by atoms with Crippen LogP contribution in [0.4, 0.5) is 0 Å². The van der Waals surface area contributed by atoms with E-state index in [4.69, 9.17) is 18.6 Å². The van der Waals surface area contributed by atoms with Gasteiger partial charge in [-0.2, -0.15) is 0 Å². The van der Waals surface area contributed by atoms with Crippen LogP contribution in [0.25, 0.3) is 22.1 Å². The first kappa shape index (κ1) is 21.5. The van der Waals surface area contributed by atoms with Gasteiger partial charge in [0.1, 0.15) is 36.6 Å². The van der Waals surface area contributed by atoms with Crippen LogP contribution in [0.2, 0.25) is 0 Å². The molecule has 1 aromatic heterocycles. The Morgan fingerprint density at radius 1 is 1.00 bits per heavy atom. The third-order valence-electron chi connectivity index (χ3n) is 5.57. The quantitative estimate of drug-likeness (QED) is 0.347. The average Bonchev–Trinajstić information content (AvgIpc) is 2.85. The van der Waals surface area contributed by atoms with Crippen molar-refractivity contribution in [2.75, 3.05) is 13.2 Å². The minimum Gasteiger partial charge on any atom is -0.508 e. The van der Waals surface area contributed by atoms with E-state index in [0.717, 1.165) is 5.56 Å². The van der Waals surface area contributed by atoms with Gasteiger partial charge in [-0.05, 0) is 47.5 Å². The summed E-state index contributed by atoms with van der Waals surface area (Å²) in [5, 5.41) is 9.74. The maximum atomic E-state index is 13.1. The van der Waals surface area contributed by atoms with Crippen molar-refractivity contribution in [2.45, 2.75) is 12.5 Å². The van der Waals surface area contributed by atoms with Crippen LogP contribution in [0.3, 0.4) is 0 Å². The summed E-state index contributed by atoms with van der Waals surface area (Å²) in [7, 11) is 0. The zero-order valence-electron chi connectivity index (χ0n) is 18.2. The molecule has 0 bridgehead atoms. The number of quaternary nitrogens is 1. The van der Waals surface area contributed by atoms with Crippen LogP contribution in [0.5, 0.6) is 23.0 Å². The van der Waals surface area contributed by atoms with Gasteiger partial charge in [0.2, 0.25) is 0 Å². The van der Waals surface area contributed by atoms with Crippen molar-refractivity contribution in [2.24, 2.45) is 0 Å². The fourth-order valence-corrected chi connectivity index (χ4v) is 3.78. The van der Waals surface area contributed by atoms with E-state index in [1.807, 2.05) is 0 Å². The number of phenolic OH excluding ortho intramolecular Hbond substituents is 1. The highest BCUT2D eigenvalue weighted by Gasteiger charge is 2.21. The number of benzene rings is 3. The molecule has 34 heavy (non-hydrogen) atoms. The highest BCUT2D eigenvalue weighted by molar-refractivity contribution is 5.84. The largest absolute Gasteiger partial charge is 0.508 e. The zero-order chi connectivity index (χ0) is 23.7. The molecule has 0 aliphatic carbocycles. The number of hydrogen-bond donors (Lipinski definition) is 2. The molecule has 3 aromatic carbocycles. The molecule has 4 aromatic rings. The molecule has 2 heterocycles. The van der Waals surface area contributed by atoms with Gasteiger partial charge in [0.15, 0.2) is 23.0 Å². The van der Waals surface area contributed by atoms with Crippen molar-refractivity contribution >= 4 is 16.9 Å². The van der Waals surface area contributed by atoms with Crippen LogP contribution < -0.4 is 25.4 Å². The lowest BCUT2D eigenvalue weighted by molar-refractivity contribution is -0.406. The maximum Gasteiger partial charge on any atom is 0.370 e. The molecule has 0 spiro atoms. The fraction of sp³-hybridized carbons (Fsp3) is 0.154. The lowest BCUT2D eigenvalue weighted by Gasteiger charge is -2.18. The zero-order valence-corrected chi connectivity index (χ0v) is 18.2. The van der Waals surface area contributed by atoms with E-state index in [9.17, 15) is 14.7 Å². The average molecular weight is 460 g/mol. The highest BCUT2D eigenvalue weighted by Crippen LogP contribution is 2.34. The first-order valence-corrected chi connectivity index (χ1v) is 10.8. The SMILES string of the molecule is [NH3+][C@H](Cc1ccc(O)cc1)C(=O)Oc1ccc2c(=O)c(-c3ccc4c(c3)OCCO4)coc2c1. The van der Waals surface area contributed by atoms with Crippen LogP contribution >= 0.6 is 0 Å². The van der Waals surface area contributed by atoms with Crippen LogP contribution in [0, 0.1) is 0 Å². The summed E-state index contributed by atoms with van der Waals surface area (Å²) >= 11 is 0. The molecule has 0 unspecified atom stereocenters. The molecular formula is C26H22NO7+. The van der Waals surface area contributed by atoms with Crippen molar-refractivity contribution in [3.8, 4) is 34.1 Å². The fourth-order valence-electron chi connectivity index (χ4n) is 3.78. The first-order valence-electron chi connectivity index (χ1n) is 10.8. The number of aromatic hydroxyl groups is 1. The van der Waals surface area contributed by atoms with Crippen molar-refractivity contribution in [3.63, 3.8) is 0 Å². The number of carbonyl (C=O) groups excluding carboxylic acids is 1. The Kier molecular flexibility index (Phi) is 5.65. The van der Waals surface area contributed by atoms with Gasteiger partial charge >= 0.3 is 5.97 Å². The highest BCUT2D eigenvalue weighted by atomic mass is 16.6. The molecule has 0 saturated carbocycles. The van der Waals surface area contributed by atoms with E-state index in [0.29, 0.717) is 53.2 Å². The van der Waals surface area contributed by atoms with Crippen molar-refractivity contribution in [1.82, 2.24) is 0 Å². The number of carbonyl (C=O) groups is 1. The monoisotopic (exact) mass is 460 g/mol. The molecule has 8 nitrogen and oxygen atoms in total. The number of phenols is 1. The third kappa shape index (κ3) is 4.31. The summed E-state index contributed by atoms with van der Waals surface area (Å²) in [5.41, 5.74) is 5.87. The summed E-state index contributed by atoms with van der Waals surface area (Å²) in [5.74, 6) is 1.12. The molecular weight excluding hydrogens is 438 g/mol. The third-order valence-corrected chi connectivity index (χ3v) is 5.57. The molecule has 5 rings (SSSR count). The second-order valence-corrected chi connectivity index (χ2v) is 7.98. The number of rotatable bonds is 5. The van der Waals surface area contributed by atoms with Crippen LogP contribution in [0.15, 0.2) is 76.1 Å². The Hall–Kier alpha value is -4.30. The lowest BCUT2D eigenvalue weighted by Crippen LogP contribution is -2.67.